The lowest BCUT2D eigenvalue weighted by Crippen LogP contribution is -2.49. The zero-order valence-corrected chi connectivity index (χ0v) is 10.8. The summed E-state index contributed by atoms with van der Waals surface area (Å²) in [4.78, 5) is 22.1. The van der Waals surface area contributed by atoms with Gasteiger partial charge in [0.25, 0.3) is 0 Å². The van der Waals surface area contributed by atoms with Crippen LogP contribution in [0.3, 0.4) is 0 Å². The van der Waals surface area contributed by atoms with E-state index in [-0.39, 0.29) is 12.6 Å². The highest BCUT2D eigenvalue weighted by Crippen LogP contribution is 2.09. The molecule has 0 fully saturated rings. The minimum Gasteiger partial charge on any atom is -0.463 e. The number of ether oxygens (including phenoxy) is 2. The molecule has 5 heteroatoms. The molecule has 0 aromatic heterocycles. The van der Waals surface area contributed by atoms with E-state index in [4.69, 9.17) is 9.47 Å². The van der Waals surface area contributed by atoms with Crippen LogP contribution in [-0.4, -0.2) is 29.8 Å². The highest BCUT2D eigenvalue weighted by molar-refractivity contribution is 5.69. The molecule has 0 aliphatic rings. The fourth-order valence-electron chi connectivity index (χ4n) is 0.898. The van der Waals surface area contributed by atoms with Crippen LogP contribution < -0.4 is 5.32 Å². The molecule has 0 heterocycles. The quantitative estimate of drug-likeness (QED) is 0.753. The van der Waals surface area contributed by atoms with Crippen molar-refractivity contribution in [3.8, 4) is 0 Å². The van der Waals surface area contributed by atoms with Crippen molar-refractivity contribution in [2.24, 2.45) is 0 Å². The molecular weight excluding hydrogens is 210 g/mol. The van der Waals surface area contributed by atoms with Gasteiger partial charge in [-0.2, -0.15) is 0 Å². The maximum absolute atomic E-state index is 11.4. The van der Waals surface area contributed by atoms with Crippen molar-refractivity contribution >= 4 is 12.1 Å². The van der Waals surface area contributed by atoms with Crippen LogP contribution in [0.25, 0.3) is 0 Å². The maximum atomic E-state index is 11.4. The van der Waals surface area contributed by atoms with Crippen molar-refractivity contribution in [1.82, 2.24) is 5.32 Å². The lowest BCUT2D eigenvalue weighted by molar-refractivity contribution is -0.142. The fraction of sp³-hybridized carbons (Fsp3) is 0.818. The average Bonchev–Trinajstić information content (AvgIpc) is 1.95. The molecule has 0 radical (unpaired) electrons. The molecule has 1 N–H and O–H groups in total. The summed E-state index contributed by atoms with van der Waals surface area (Å²) in [5.74, 6) is -0.376. The van der Waals surface area contributed by atoms with Crippen molar-refractivity contribution in [3.05, 3.63) is 0 Å². The lowest BCUT2D eigenvalue weighted by Gasteiger charge is -2.28. The standard InChI is InChI=1S/C11H21NO4/c1-8(13)15-7-11(5,6)12-9(14)16-10(2,3)4/h7H2,1-6H3,(H,12,14). The Balaban J connectivity index is 4.15. The Morgan fingerprint density at radius 3 is 2.00 bits per heavy atom. The third-order valence-electron chi connectivity index (χ3n) is 1.48. The fourth-order valence-corrected chi connectivity index (χ4v) is 0.898. The van der Waals surface area contributed by atoms with Crippen LogP contribution in [-0.2, 0) is 14.3 Å². The highest BCUT2D eigenvalue weighted by Gasteiger charge is 2.25. The van der Waals surface area contributed by atoms with Gasteiger partial charge in [-0.1, -0.05) is 0 Å². The number of carbonyl (C=O) groups is 2. The summed E-state index contributed by atoms with van der Waals surface area (Å²) in [5, 5.41) is 2.63. The third kappa shape index (κ3) is 8.08. The molecule has 0 saturated carbocycles. The second-order valence-electron chi connectivity index (χ2n) is 5.29. The first kappa shape index (κ1) is 14.7. The first-order valence-electron chi connectivity index (χ1n) is 5.16. The van der Waals surface area contributed by atoms with Crippen molar-refractivity contribution < 1.29 is 19.1 Å². The molecule has 0 bridgehead atoms. The van der Waals surface area contributed by atoms with Gasteiger partial charge in [-0.25, -0.2) is 4.79 Å². The van der Waals surface area contributed by atoms with Crippen LogP contribution in [0.4, 0.5) is 4.79 Å². The van der Waals surface area contributed by atoms with Crippen molar-refractivity contribution in [2.75, 3.05) is 6.61 Å². The minimum atomic E-state index is -0.645. The summed E-state index contributed by atoms with van der Waals surface area (Å²) in [5.41, 5.74) is -1.18. The first-order chi connectivity index (χ1) is 7.02. The number of nitrogens with one attached hydrogen (secondary N) is 1. The molecule has 0 aromatic rings. The van der Waals surface area contributed by atoms with Gasteiger partial charge in [0.1, 0.15) is 12.2 Å². The smallest absolute Gasteiger partial charge is 0.408 e. The second kappa shape index (κ2) is 5.18. The maximum Gasteiger partial charge on any atom is 0.408 e. The van der Waals surface area contributed by atoms with Gasteiger partial charge >= 0.3 is 12.1 Å². The Kier molecular flexibility index (Phi) is 4.78. The van der Waals surface area contributed by atoms with Crippen LogP contribution in [0.5, 0.6) is 0 Å². The Morgan fingerprint density at radius 2 is 1.62 bits per heavy atom. The van der Waals surface area contributed by atoms with E-state index in [9.17, 15) is 9.59 Å². The lowest BCUT2D eigenvalue weighted by atomic mass is 10.1. The van der Waals surface area contributed by atoms with Crippen LogP contribution in [0.1, 0.15) is 41.5 Å². The van der Waals surface area contributed by atoms with Crippen LogP contribution >= 0.6 is 0 Å². The molecule has 0 aromatic carbocycles. The van der Waals surface area contributed by atoms with Crippen LogP contribution in [0.15, 0.2) is 0 Å². The van der Waals surface area contributed by atoms with Gasteiger partial charge in [-0.3, -0.25) is 4.79 Å². The van der Waals surface area contributed by atoms with Gasteiger partial charge in [0.05, 0.1) is 5.54 Å². The summed E-state index contributed by atoms with van der Waals surface area (Å²) in [6, 6.07) is 0. The van der Waals surface area contributed by atoms with Crippen molar-refractivity contribution in [1.29, 1.82) is 0 Å². The second-order valence-corrected chi connectivity index (χ2v) is 5.29. The van der Waals surface area contributed by atoms with E-state index >= 15 is 0 Å². The van der Waals surface area contributed by atoms with E-state index in [0.29, 0.717) is 0 Å². The molecule has 5 nitrogen and oxygen atoms in total. The predicted molar refractivity (Wildman–Crippen MR) is 60.1 cm³/mol. The summed E-state index contributed by atoms with van der Waals surface area (Å²) in [6.45, 7) is 10.3. The van der Waals surface area contributed by atoms with E-state index in [2.05, 4.69) is 5.32 Å². The molecule has 0 unspecified atom stereocenters. The zero-order chi connectivity index (χ0) is 13.0. The Bertz CT molecular complexity index is 266. The molecule has 94 valence electrons. The van der Waals surface area contributed by atoms with Gasteiger partial charge in [0, 0.05) is 6.92 Å². The van der Waals surface area contributed by atoms with E-state index in [1.54, 1.807) is 34.6 Å². The van der Waals surface area contributed by atoms with E-state index in [1.165, 1.54) is 6.92 Å². The summed E-state index contributed by atoms with van der Waals surface area (Å²) in [6.07, 6.45) is -0.523. The first-order valence-corrected chi connectivity index (χ1v) is 5.16. The van der Waals surface area contributed by atoms with E-state index < -0.39 is 17.2 Å². The summed E-state index contributed by atoms with van der Waals surface area (Å²) < 4.78 is 9.92. The normalized spacial score (nSPS) is 11.9. The Morgan fingerprint density at radius 1 is 1.12 bits per heavy atom. The summed E-state index contributed by atoms with van der Waals surface area (Å²) >= 11 is 0. The monoisotopic (exact) mass is 231 g/mol. The molecule has 0 spiro atoms. The molecule has 0 aliphatic heterocycles. The number of rotatable bonds is 3. The van der Waals surface area contributed by atoms with Gasteiger partial charge in [0.15, 0.2) is 0 Å². The Labute approximate surface area is 96.5 Å². The number of carbonyl (C=O) groups excluding carboxylic acids is 2. The van der Waals surface area contributed by atoms with Gasteiger partial charge < -0.3 is 14.8 Å². The predicted octanol–water partition coefficient (Wildman–Crippen LogP) is 1.85. The number of amides is 1. The summed E-state index contributed by atoms with van der Waals surface area (Å²) in [7, 11) is 0. The molecule has 0 aliphatic carbocycles. The molecular formula is C11H21NO4. The molecule has 1 amide bonds. The van der Waals surface area contributed by atoms with Crippen LogP contribution in [0, 0.1) is 0 Å². The van der Waals surface area contributed by atoms with Gasteiger partial charge in [0.2, 0.25) is 0 Å². The molecule has 0 rings (SSSR count). The molecule has 0 saturated heterocycles. The van der Waals surface area contributed by atoms with E-state index in [0.717, 1.165) is 0 Å². The van der Waals surface area contributed by atoms with Gasteiger partial charge in [-0.05, 0) is 34.6 Å². The third-order valence-corrected chi connectivity index (χ3v) is 1.48. The number of alkyl carbamates (subject to hydrolysis) is 1. The highest BCUT2D eigenvalue weighted by atomic mass is 16.6. The number of esters is 1. The molecule has 16 heavy (non-hydrogen) atoms. The van der Waals surface area contributed by atoms with E-state index in [1.807, 2.05) is 0 Å². The molecule has 0 atom stereocenters. The van der Waals surface area contributed by atoms with Crippen molar-refractivity contribution in [3.63, 3.8) is 0 Å². The topological polar surface area (TPSA) is 64.6 Å². The SMILES string of the molecule is CC(=O)OCC(C)(C)NC(=O)OC(C)(C)C. The average molecular weight is 231 g/mol. The van der Waals surface area contributed by atoms with Crippen LogP contribution in [0.2, 0.25) is 0 Å². The van der Waals surface area contributed by atoms with Crippen molar-refractivity contribution in [2.45, 2.75) is 52.7 Å². The number of hydrogen-bond donors (Lipinski definition) is 1. The minimum absolute atomic E-state index is 0.113. The number of hydrogen-bond acceptors (Lipinski definition) is 4. The Hall–Kier alpha value is -1.26. The zero-order valence-electron chi connectivity index (χ0n) is 10.8. The van der Waals surface area contributed by atoms with Gasteiger partial charge in [-0.15, -0.1) is 0 Å². The largest absolute Gasteiger partial charge is 0.463 e.